The van der Waals surface area contributed by atoms with Crippen LogP contribution in [0.25, 0.3) is 10.9 Å². The molecule has 1 aromatic heterocycles. The van der Waals surface area contributed by atoms with Crippen molar-refractivity contribution in [2.24, 2.45) is 11.8 Å². The van der Waals surface area contributed by atoms with Gasteiger partial charge in [0.05, 0.1) is 30.3 Å². The number of amides is 1. The summed E-state index contributed by atoms with van der Waals surface area (Å²) in [5.74, 6) is 0.712. The number of nitrogens with zero attached hydrogens (tertiary/aromatic N) is 1. The molecule has 0 unspecified atom stereocenters. The first-order valence-electron chi connectivity index (χ1n) is 8.10. The molecule has 1 saturated heterocycles. The molecule has 1 aliphatic carbocycles. The number of benzene rings is 1. The summed E-state index contributed by atoms with van der Waals surface area (Å²) in [6.07, 6.45) is 1.57. The fraction of sp³-hybridized carbons (Fsp3) is 0.529. The number of carbonyl (C=O) groups is 1. The number of nitrogens with one attached hydrogen (secondary N) is 2. The van der Waals surface area contributed by atoms with Gasteiger partial charge in [0.25, 0.3) is 0 Å². The van der Waals surface area contributed by atoms with Gasteiger partial charge in [-0.25, -0.2) is 0 Å². The number of fused-ring (bicyclic) bond motifs is 2. The maximum absolute atomic E-state index is 12.5. The van der Waals surface area contributed by atoms with Crippen molar-refractivity contribution in [3.8, 4) is 0 Å². The van der Waals surface area contributed by atoms with Gasteiger partial charge in [-0.05, 0) is 12.5 Å². The second kappa shape index (κ2) is 5.94. The van der Waals surface area contributed by atoms with E-state index in [-0.39, 0.29) is 24.0 Å². The maximum Gasteiger partial charge on any atom is 0.226 e. The SMILES string of the molecule is COC[C@@H]1[C@@H](NC(=O)Cc2[nH]nc3ccccc23)[C@@H]2CCO[C@H]12. The van der Waals surface area contributed by atoms with E-state index >= 15 is 0 Å². The molecule has 1 aliphatic heterocycles. The standard InChI is InChI=1S/C17H21N3O3/c1-22-9-12-16(11-6-7-23-17(11)12)18-15(21)8-14-10-4-2-3-5-13(10)19-20-14/h2-5,11-12,16-17H,6-9H2,1H3,(H,18,21)(H,19,20)/t11-,12+,16-,17-/m0/s1. The van der Waals surface area contributed by atoms with Gasteiger partial charge in [-0.15, -0.1) is 0 Å². The summed E-state index contributed by atoms with van der Waals surface area (Å²) in [6, 6.07) is 7.98. The number of methoxy groups -OCH3 is 1. The van der Waals surface area contributed by atoms with E-state index in [1.54, 1.807) is 7.11 Å². The van der Waals surface area contributed by atoms with Crippen LogP contribution in [0.5, 0.6) is 0 Å². The second-order valence-electron chi connectivity index (χ2n) is 6.40. The summed E-state index contributed by atoms with van der Waals surface area (Å²) >= 11 is 0. The zero-order valence-corrected chi connectivity index (χ0v) is 13.1. The van der Waals surface area contributed by atoms with Crippen molar-refractivity contribution in [2.75, 3.05) is 20.3 Å². The van der Waals surface area contributed by atoms with E-state index < -0.39 is 0 Å². The van der Waals surface area contributed by atoms with Crippen LogP contribution in [0.2, 0.25) is 0 Å². The van der Waals surface area contributed by atoms with E-state index in [0.29, 0.717) is 18.9 Å². The predicted octanol–water partition coefficient (Wildman–Crippen LogP) is 1.27. The summed E-state index contributed by atoms with van der Waals surface area (Å²) in [5, 5.41) is 11.4. The molecule has 23 heavy (non-hydrogen) atoms. The molecule has 122 valence electrons. The highest BCUT2D eigenvalue weighted by molar-refractivity contribution is 5.87. The fourth-order valence-electron chi connectivity index (χ4n) is 3.98. The molecule has 1 aromatic carbocycles. The Balaban J connectivity index is 1.43. The Labute approximate surface area is 134 Å². The summed E-state index contributed by atoms with van der Waals surface area (Å²) in [6.45, 7) is 1.41. The fourth-order valence-corrected chi connectivity index (χ4v) is 3.98. The van der Waals surface area contributed by atoms with Crippen LogP contribution in [-0.4, -0.2) is 48.6 Å². The van der Waals surface area contributed by atoms with Gasteiger partial charge in [0.2, 0.25) is 5.91 Å². The summed E-state index contributed by atoms with van der Waals surface area (Å²) < 4.78 is 11.0. The zero-order chi connectivity index (χ0) is 15.8. The van der Waals surface area contributed by atoms with Crippen molar-refractivity contribution < 1.29 is 14.3 Å². The van der Waals surface area contributed by atoms with Gasteiger partial charge in [-0.1, -0.05) is 18.2 Å². The molecule has 2 N–H and O–H groups in total. The number of aromatic nitrogens is 2. The van der Waals surface area contributed by atoms with E-state index in [1.807, 2.05) is 24.3 Å². The van der Waals surface area contributed by atoms with E-state index in [2.05, 4.69) is 15.5 Å². The van der Waals surface area contributed by atoms with Crippen LogP contribution in [0.1, 0.15) is 12.1 Å². The lowest BCUT2D eigenvalue weighted by Crippen LogP contribution is -2.63. The number of aromatic amines is 1. The molecule has 2 fully saturated rings. The number of rotatable bonds is 5. The number of ether oxygens (including phenoxy) is 2. The Hall–Kier alpha value is -1.92. The number of hydrogen-bond acceptors (Lipinski definition) is 4. The molecule has 0 radical (unpaired) electrons. The maximum atomic E-state index is 12.5. The number of H-pyrrole nitrogens is 1. The Morgan fingerprint density at radius 2 is 2.35 bits per heavy atom. The van der Waals surface area contributed by atoms with E-state index in [4.69, 9.17) is 9.47 Å². The minimum absolute atomic E-state index is 0.0239. The molecule has 0 bridgehead atoms. The summed E-state index contributed by atoms with van der Waals surface area (Å²) in [4.78, 5) is 12.5. The van der Waals surface area contributed by atoms with Gasteiger partial charge in [-0.3, -0.25) is 9.89 Å². The predicted molar refractivity (Wildman–Crippen MR) is 84.9 cm³/mol. The molecule has 4 atom stereocenters. The third-order valence-corrected chi connectivity index (χ3v) is 5.09. The molecule has 0 spiro atoms. The molecular weight excluding hydrogens is 294 g/mol. The Kier molecular flexibility index (Phi) is 3.79. The minimum Gasteiger partial charge on any atom is -0.384 e. The zero-order valence-electron chi connectivity index (χ0n) is 13.1. The molecule has 2 aliphatic rings. The molecule has 1 saturated carbocycles. The van der Waals surface area contributed by atoms with Gasteiger partial charge in [0.15, 0.2) is 0 Å². The second-order valence-corrected chi connectivity index (χ2v) is 6.40. The highest BCUT2D eigenvalue weighted by atomic mass is 16.5. The van der Waals surface area contributed by atoms with Crippen molar-refractivity contribution >= 4 is 16.8 Å². The van der Waals surface area contributed by atoms with Gasteiger partial charge in [-0.2, -0.15) is 5.10 Å². The summed E-state index contributed by atoms with van der Waals surface area (Å²) in [5.41, 5.74) is 1.75. The van der Waals surface area contributed by atoms with Crippen LogP contribution >= 0.6 is 0 Å². The van der Waals surface area contributed by atoms with Crippen LogP contribution in [-0.2, 0) is 20.7 Å². The van der Waals surface area contributed by atoms with Gasteiger partial charge < -0.3 is 14.8 Å². The Morgan fingerprint density at radius 3 is 3.22 bits per heavy atom. The average molecular weight is 315 g/mol. The normalized spacial score (nSPS) is 29.3. The third kappa shape index (κ3) is 2.52. The van der Waals surface area contributed by atoms with Crippen LogP contribution in [0.15, 0.2) is 24.3 Å². The quantitative estimate of drug-likeness (QED) is 0.871. The van der Waals surface area contributed by atoms with Crippen LogP contribution in [0.3, 0.4) is 0 Å². The Morgan fingerprint density at radius 1 is 1.48 bits per heavy atom. The molecule has 2 heterocycles. The van der Waals surface area contributed by atoms with Gasteiger partial charge in [0, 0.05) is 37.0 Å². The van der Waals surface area contributed by atoms with E-state index in [9.17, 15) is 4.79 Å². The molecule has 6 nitrogen and oxygen atoms in total. The van der Waals surface area contributed by atoms with Gasteiger partial charge in [0.1, 0.15) is 0 Å². The number of carbonyl (C=O) groups excluding carboxylic acids is 1. The smallest absolute Gasteiger partial charge is 0.226 e. The van der Waals surface area contributed by atoms with Crippen LogP contribution in [0, 0.1) is 11.8 Å². The average Bonchev–Trinajstić information content (AvgIpc) is 3.16. The topological polar surface area (TPSA) is 76.2 Å². The molecule has 4 rings (SSSR count). The van der Waals surface area contributed by atoms with Crippen molar-refractivity contribution in [1.82, 2.24) is 15.5 Å². The Bertz CT molecular complexity index is 714. The van der Waals surface area contributed by atoms with E-state index in [0.717, 1.165) is 29.6 Å². The van der Waals surface area contributed by atoms with Crippen molar-refractivity contribution in [2.45, 2.75) is 25.0 Å². The monoisotopic (exact) mass is 315 g/mol. The molecule has 2 aromatic rings. The largest absolute Gasteiger partial charge is 0.384 e. The van der Waals surface area contributed by atoms with Crippen molar-refractivity contribution in [3.63, 3.8) is 0 Å². The first-order chi connectivity index (χ1) is 11.3. The first kappa shape index (κ1) is 14.7. The number of hydrogen-bond donors (Lipinski definition) is 2. The van der Waals surface area contributed by atoms with Crippen LogP contribution in [0.4, 0.5) is 0 Å². The molecule has 6 heteroatoms. The number of para-hydroxylation sites is 1. The highest BCUT2D eigenvalue weighted by Gasteiger charge is 2.54. The lowest BCUT2D eigenvalue weighted by Gasteiger charge is -2.47. The third-order valence-electron chi connectivity index (χ3n) is 5.09. The summed E-state index contributed by atoms with van der Waals surface area (Å²) in [7, 11) is 1.69. The lowest BCUT2D eigenvalue weighted by atomic mass is 9.67. The van der Waals surface area contributed by atoms with Crippen LogP contribution < -0.4 is 5.32 Å². The van der Waals surface area contributed by atoms with Crippen molar-refractivity contribution in [3.05, 3.63) is 30.0 Å². The highest BCUT2D eigenvalue weighted by Crippen LogP contribution is 2.43. The minimum atomic E-state index is 0.0239. The first-order valence-corrected chi connectivity index (χ1v) is 8.10. The van der Waals surface area contributed by atoms with Gasteiger partial charge >= 0.3 is 0 Å². The lowest BCUT2D eigenvalue weighted by molar-refractivity contribution is -0.129. The van der Waals surface area contributed by atoms with Crippen molar-refractivity contribution in [1.29, 1.82) is 0 Å². The van der Waals surface area contributed by atoms with E-state index in [1.165, 1.54) is 0 Å². The molecular formula is C17H21N3O3. The molecule has 1 amide bonds.